The van der Waals surface area contributed by atoms with Crippen LogP contribution in [-0.2, 0) is 0 Å². The number of aromatic nitrogens is 1. The van der Waals surface area contributed by atoms with Crippen LogP contribution in [0.4, 0.5) is 5.69 Å². The van der Waals surface area contributed by atoms with E-state index in [9.17, 15) is 4.79 Å². The second-order valence-corrected chi connectivity index (χ2v) is 4.56. The quantitative estimate of drug-likeness (QED) is 0.849. The average Bonchev–Trinajstić information content (AvgIpc) is 2.49. The molecule has 21 heavy (non-hydrogen) atoms. The van der Waals surface area contributed by atoms with Gasteiger partial charge in [-0.2, -0.15) is 0 Å². The lowest BCUT2D eigenvalue weighted by molar-refractivity contribution is 0.102. The van der Waals surface area contributed by atoms with Crippen molar-refractivity contribution in [2.24, 2.45) is 0 Å². The molecule has 2 aromatic rings. The van der Waals surface area contributed by atoms with Gasteiger partial charge in [0.15, 0.2) is 0 Å². The Balaban J connectivity index is 2.04. The van der Waals surface area contributed by atoms with Crippen molar-refractivity contribution in [2.75, 3.05) is 11.9 Å². The molecule has 0 aliphatic heterocycles. The fraction of sp³-hybridized carbons (Fsp3) is 0.176. The Morgan fingerprint density at radius 2 is 2.05 bits per heavy atom. The Bertz CT molecular complexity index is 682. The topological polar surface area (TPSA) is 62.2 Å². The molecule has 0 unspecified atom stereocenters. The number of anilines is 1. The molecule has 0 atom stereocenters. The zero-order valence-electron chi connectivity index (χ0n) is 11.8. The summed E-state index contributed by atoms with van der Waals surface area (Å²) >= 11 is 0. The summed E-state index contributed by atoms with van der Waals surface area (Å²) in [5.41, 5.74) is 3.02. The molecule has 1 heterocycles. The number of benzene rings is 1. The van der Waals surface area contributed by atoms with Crippen molar-refractivity contribution in [1.82, 2.24) is 4.98 Å². The van der Waals surface area contributed by atoms with Crippen LogP contribution in [0.3, 0.4) is 0 Å². The summed E-state index contributed by atoms with van der Waals surface area (Å²) in [7, 11) is 0. The van der Waals surface area contributed by atoms with E-state index in [0.717, 1.165) is 11.1 Å². The lowest BCUT2D eigenvalue weighted by Crippen LogP contribution is -2.12. The number of aliphatic hydroxyl groups is 1. The van der Waals surface area contributed by atoms with Gasteiger partial charge in [-0.15, -0.1) is 0 Å². The van der Waals surface area contributed by atoms with Gasteiger partial charge in [0, 0.05) is 30.1 Å². The van der Waals surface area contributed by atoms with Gasteiger partial charge in [0.25, 0.3) is 5.91 Å². The molecule has 2 N–H and O–H groups in total. The first-order chi connectivity index (χ1) is 10.2. The molecule has 0 fully saturated rings. The lowest BCUT2D eigenvalue weighted by atomic mass is 10.2. The van der Waals surface area contributed by atoms with Crippen molar-refractivity contribution in [1.29, 1.82) is 0 Å². The zero-order chi connectivity index (χ0) is 15.1. The highest BCUT2D eigenvalue weighted by Gasteiger charge is 2.06. The summed E-state index contributed by atoms with van der Waals surface area (Å²) in [6.45, 7) is 1.95. The zero-order valence-corrected chi connectivity index (χ0v) is 11.8. The molecule has 4 heteroatoms. The summed E-state index contributed by atoms with van der Waals surface area (Å²) in [4.78, 5) is 16.1. The molecule has 1 amide bonds. The van der Waals surface area contributed by atoms with Gasteiger partial charge in [0.1, 0.15) is 0 Å². The molecule has 1 aromatic carbocycles. The van der Waals surface area contributed by atoms with Crippen LogP contribution in [-0.4, -0.2) is 22.6 Å². The molecule has 2 rings (SSSR count). The maximum Gasteiger partial charge on any atom is 0.257 e. The predicted octanol–water partition coefficient (Wildman–Crippen LogP) is 2.38. The van der Waals surface area contributed by atoms with Crippen molar-refractivity contribution in [3.8, 4) is 11.8 Å². The molecule has 0 bridgehead atoms. The predicted molar refractivity (Wildman–Crippen MR) is 82.0 cm³/mol. The molecule has 0 saturated heterocycles. The van der Waals surface area contributed by atoms with Crippen LogP contribution in [0.25, 0.3) is 0 Å². The SMILES string of the molecule is Cc1cncc(C(=O)Nc2ccc(C#CCCO)cc2)c1. The average molecular weight is 280 g/mol. The van der Waals surface area contributed by atoms with Gasteiger partial charge in [-0.25, -0.2) is 0 Å². The number of aryl methyl sites for hydroxylation is 1. The Labute approximate surface area is 123 Å². The Morgan fingerprint density at radius 1 is 1.29 bits per heavy atom. The van der Waals surface area contributed by atoms with Crippen LogP contribution < -0.4 is 5.32 Å². The monoisotopic (exact) mass is 280 g/mol. The Morgan fingerprint density at radius 3 is 2.71 bits per heavy atom. The van der Waals surface area contributed by atoms with Crippen LogP contribution in [0.15, 0.2) is 42.7 Å². The van der Waals surface area contributed by atoms with E-state index in [2.05, 4.69) is 22.1 Å². The van der Waals surface area contributed by atoms with E-state index in [-0.39, 0.29) is 12.5 Å². The number of carbonyl (C=O) groups excluding carboxylic acids is 1. The second kappa shape index (κ2) is 7.22. The third-order valence-electron chi connectivity index (χ3n) is 2.75. The van der Waals surface area contributed by atoms with Crippen molar-refractivity contribution >= 4 is 11.6 Å². The number of rotatable bonds is 3. The molecular formula is C17H16N2O2. The number of amides is 1. The summed E-state index contributed by atoms with van der Waals surface area (Å²) in [5, 5.41) is 11.5. The fourth-order valence-electron chi connectivity index (χ4n) is 1.74. The van der Waals surface area contributed by atoms with Gasteiger partial charge in [-0.3, -0.25) is 9.78 Å². The van der Waals surface area contributed by atoms with Crippen LogP contribution in [0.1, 0.15) is 27.9 Å². The molecule has 0 aliphatic rings. The smallest absolute Gasteiger partial charge is 0.257 e. The van der Waals surface area contributed by atoms with Crippen LogP contribution in [0.5, 0.6) is 0 Å². The van der Waals surface area contributed by atoms with E-state index in [1.54, 1.807) is 24.4 Å². The summed E-state index contributed by atoms with van der Waals surface area (Å²) < 4.78 is 0. The maximum atomic E-state index is 12.1. The van der Waals surface area contributed by atoms with Crippen molar-refractivity contribution in [3.63, 3.8) is 0 Å². The Kier molecular flexibility index (Phi) is 5.08. The van der Waals surface area contributed by atoms with Crippen LogP contribution >= 0.6 is 0 Å². The minimum absolute atomic E-state index is 0.0612. The number of nitrogens with zero attached hydrogens (tertiary/aromatic N) is 1. The van der Waals surface area contributed by atoms with E-state index < -0.39 is 0 Å². The van der Waals surface area contributed by atoms with Crippen LogP contribution in [0, 0.1) is 18.8 Å². The lowest BCUT2D eigenvalue weighted by Gasteiger charge is -2.05. The van der Waals surface area contributed by atoms with E-state index in [4.69, 9.17) is 5.11 Å². The first-order valence-electron chi connectivity index (χ1n) is 6.62. The summed E-state index contributed by atoms with van der Waals surface area (Å²) in [6, 6.07) is 9.04. The van der Waals surface area contributed by atoms with Gasteiger partial charge in [0.05, 0.1) is 12.2 Å². The highest BCUT2D eigenvalue weighted by atomic mass is 16.2. The number of carbonyl (C=O) groups is 1. The number of hydrogen-bond acceptors (Lipinski definition) is 3. The molecule has 0 radical (unpaired) electrons. The van der Waals surface area contributed by atoms with Gasteiger partial charge in [0.2, 0.25) is 0 Å². The van der Waals surface area contributed by atoms with Crippen molar-refractivity contribution in [3.05, 3.63) is 59.4 Å². The molecule has 0 aliphatic carbocycles. The van der Waals surface area contributed by atoms with Gasteiger partial charge >= 0.3 is 0 Å². The van der Waals surface area contributed by atoms with Crippen molar-refractivity contribution in [2.45, 2.75) is 13.3 Å². The minimum atomic E-state index is -0.190. The van der Waals surface area contributed by atoms with E-state index >= 15 is 0 Å². The van der Waals surface area contributed by atoms with Gasteiger partial charge < -0.3 is 10.4 Å². The maximum absolute atomic E-state index is 12.1. The number of pyridine rings is 1. The molecular weight excluding hydrogens is 264 g/mol. The number of hydrogen-bond donors (Lipinski definition) is 2. The molecule has 0 saturated carbocycles. The molecule has 106 valence electrons. The standard InChI is InChI=1S/C17H16N2O2/c1-13-10-15(12-18-11-13)17(21)19-16-7-5-14(6-8-16)4-2-3-9-20/h5-8,10-12,20H,3,9H2,1H3,(H,19,21). The van der Waals surface area contributed by atoms with Crippen molar-refractivity contribution < 1.29 is 9.90 Å². The van der Waals surface area contributed by atoms with Gasteiger partial charge in [-0.05, 0) is 42.8 Å². The van der Waals surface area contributed by atoms with E-state index in [0.29, 0.717) is 17.7 Å². The highest BCUT2D eigenvalue weighted by molar-refractivity contribution is 6.04. The highest BCUT2D eigenvalue weighted by Crippen LogP contribution is 2.11. The third-order valence-corrected chi connectivity index (χ3v) is 2.75. The minimum Gasteiger partial charge on any atom is -0.395 e. The van der Waals surface area contributed by atoms with Crippen LogP contribution in [0.2, 0.25) is 0 Å². The Hall–Kier alpha value is -2.64. The molecule has 4 nitrogen and oxygen atoms in total. The molecule has 1 aromatic heterocycles. The second-order valence-electron chi connectivity index (χ2n) is 4.56. The normalized spacial score (nSPS) is 9.62. The third kappa shape index (κ3) is 4.44. The largest absolute Gasteiger partial charge is 0.395 e. The molecule has 0 spiro atoms. The number of nitrogens with one attached hydrogen (secondary N) is 1. The number of aliphatic hydroxyl groups excluding tert-OH is 1. The summed E-state index contributed by atoms with van der Waals surface area (Å²) in [6.07, 6.45) is 3.70. The van der Waals surface area contributed by atoms with Gasteiger partial charge in [-0.1, -0.05) is 11.8 Å². The van der Waals surface area contributed by atoms with E-state index in [1.807, 2.05) is 19.1 Å². The fourth-order valence-corrected chi connectivity index (χ4v) is 1.74. The van der Waals surface area contributed by atoms with E-state index in [1.165, 1.54) is 6.20 Å². The first kappa shape index (κ1) is 14.8. The summed E-state index contributed by atoms with van der Waals surface area (Å²) in [5.74, 6) is 5.59. The first-order valence-corrected chi connectivity index (χ1v) is 6.62.